The summed E-state index contributed by atoms with van der Waals surface area (Å²) in [5, 5.41) is 14.7. The molecule has 2 aromatic heterocycles. The van der Waals surface area contributed by atoms with Crippen molar-refractivity contribution in [1.29, 1.82) is 0 Å². The largest absolute Gasteiger partial charge is 0.476 e. The number of nitrogens with one attached hydrogen (secondary N) is 2. The lowest BCUT2D eigenvalue weighted by molar-refractivity contribution is 0.0687. The molecule has 12 heteroatoms. The third kappa shape index (κ3) is 2.63. The molecule has 0 fully saturated rings. The minimum absolute atomic E-state index is 0.0551. The molecular formula is C7H7N5O5S2. The zero-order chi connectivity index (χ0) is 14.0. The number of thiazole rings is 1. The van der Waals surface area contributed by atoms with E-state index in [1.54, 1.807) is 0 Å². The summed E-state index contributed by atoms with van der Waals surface area (Å²) < 4.78 is 30.2. The molecule has 2 rings (SSSR count). The molecular weight excluding hydrogens is 298 g/mol. The summed E-state index contributed by atoms with van der Waals surface area (Å²) in [4.78, 5) is 18.0. The summed E-state index contributed by atoms with van der Waals surface area (Å²) in [6, 6.07) is -0.0551. The fourth-order valence-electron chi connectivity index (χ4n) is 1.13. The van der Waals surface area contributed by atoms with Crippen LogP contribution in [0.2, 0.25) is 0 Å². The maximum Gasteiger partial charge on any atom is 0.356 e. The van der Waals surface area contributed by atoms with Crippen molar-refractivity contribution < 1.29 is 23.1 Å². The smallest absolute Gasteiger partial charge is 0.356 e. The number of rotatable bonds is 5. The van der Waals surface area contributed by atoms with Crippen LogP contribution in [0.4, 0.5) is 5.95 Å². The van der Waals surface area contributed by atoms with E-state index >= 15 is 0 Å². The number of aromatic amines is 1. The molecule has 0 atom stereocenters. The van der Waals surface area contributed by atoms with Gasteiger partial charge < -0.3 is 9.84 Å². The molecule has 0 amide bonds. The number of anilines is 1. The minimum Gasteiger partial charge on any atom is -0.476 e. The summed E-state index contributed by atoms with van der Waals surface area (Å²) >= 11 is 0.681. The molecule has 2 aromatic rings. The van der Waals surface area contributed by atoms with Crippen LogP contribution in [0.3, 0.4) is 0 Å². The molecule has 10 nitrogen and oxygen atoms in total. The van der Waals surface area contributed by atoms with Crippen molar-refractivity contribution in [3.05, 3.63) is 11.2 Å². The van der Waals surface area contributed by atoms with Crippen LogP contribution in [-0.4, -0.2) is 46.8 Å². The van der Waals surface area contributed by atoms with Gasteiger partial charge in [-0.1, -0.05) is 0 Å². The predicted octanol–water partition coefficient (Wildman–Crippen LogP) is -0.231. The number of hydrogen-bond acceptors (Lipinski definition) is 8. The van der Waals surface area contributed by atoms with Crippen molar-refractivity contribution in [2.45, 2.75) is 4.21 Å². The first-order chi connectivity index (χ1) is 8.94. The van der Waals surface area contributed by atoms with Gasteiger partial charge >= 0.3 is 12.0 Å². The zero-order valence-electron chi connectivity index (χ0n) is 9.32. The van der Waals surface area contributed by atoms with E-state index in [0.717, 1.165) is 5.51 Å². The van der Waals surface area contributed by atoms with E-state index in [1.165, 1.54) is 7.11 Å². The van der Waals surface area contributed by atoms with Crippen LogP contribution in [0.5, 0.6) is 6.01 Å². The predicted molar refractivity (Wildman–Crippen MR) is 62.8 cm³/mol. The Kier molecular flexibility index (Phi) is 3.35. The lowest BCUT2D eigenvalue weighted by atomic mass is 10.5. The molecule has 0 bridgehead atoms. The molecule has 0 saturated carbocycles. The monoisotopic (exact) mass is 305 g/mol. The number of aromatic carboxylic acids is 1. The standard InChI is InChI=1S/C7H7N5O5S2/c1-17-7-9-6(10-11-7)12-19(15,16)5-3(4(13)14)8-2-18-5/h2H,1H3,(H,13,14)(H2,9,10,11,12). The molecule has 0 aliphatic carbocycles. The van der Waals surface area contributed by atoms with Crippen LogP contribution in [0.1, 0.15) is 10.5 Å². The maximum atomic E-state index is 12.0. The quantitative estimate of drug-likeness (QED) is 0.686. The Morgan fingerprint density at radius 3 is 2.89 bits per heavy atom. The van der Waals surface area contributed by atoms with E-state index in [2.05, 4.69) is 24.9 Å². The summed E-state index contributed by atoms with van der Waals surface area (Å²) in [7, 11) is -2.79. The number of carbonyl (C=O) groups is 1. The lowest BCUT2D eigenvalue weighted by Crippen LogP contribution is -2.16. The van der Waals surface area contributed by atoms with Crippen LogP contribution < -0.4 is 9.46 Å². The molecule has 0 aliphatic rings. The van der Waals surface area contributed by atoms with E-state index in [9.17, 15) is 13.2 Å². The third-order valence-electron chi connectivity index (χ3n) is 1.86. The summed E-state index contributed by atoms with van der Waals surface area (Å²) in [6.45, 7) is 0. The van der Waals surface area contributed by atoms with Crippen molar-refractivity contribution in [3.63, 3.8) is 0 Å². The van der Waals surface area contributed by atoms with Gasteiger partial charge in [0.1, 0.15) is 0 Å². The Labute approximate surface area is 110 Å². The van der Waals surface area contributed by atoms with Gasteiger partial charge in [-0.05, 0) is 0 Å². The van der Waals surface area contributed by atoms with Gasteiger partial charge in [0.2, 0.25) is 5.95 Å². The van der Waals surface area contributed by atoms with Gasteiger partial charge in [0.15, 0.2) is 9.90 Å². The van der Waals surface area contributed by atoms with Crippen LogP contribution in [0, 0.1) is 0 Å². The molecule has 19 heavy (non-hydrogen) atoms. The third-order valence-corrected chi connectivity index (χ3v) is 4.57. The van der Waals surface area contributed by atoms with E-state index in [1.807, 2.05) is 4.72 Å². The number of methoxy groups -OCH3 is 1. The summed E-state index contributed by atoms with van der Waals surface area (Å²) in [5.74, 6) is -1.63. The highest BCUT2D eigenvalue weighted by atomic mass is 32.2. The molecule has 0 aromatic carbocycles. The fourth-order valence-corrected chi connectivity index (χ4v) is 3.22. The highest BCUT2D eigenvalue weighted by molar-refractivity contribution is 7.94. The second-order valence-corrected chi connectivity index (χ2v) is 5.80. The molecule has 0 spiro atoms. The topological polar surface area (TPSA) is 147 Å². The lowest BCUT2D eigenvalue weighted by Gasteiger charge is -2.02. The van der Waals surface area contributed by atoms with Crippen LogP contribution in [0.25, 0.3) is 0 Å². The number of carboxylic acids is 1. The van der Waals surface area contributed by atoms with Gasteiger partial charge in [-0.15, -0.1) is 16.4 Å². The van der Waals surface area contributed by atoms with Crippen molar-refractivity contribution >= 4 is 33.3 Å². The first kappa shape index (κ1) is 13.2. The highest BCUT2D eigenvalue weighted by Crippen LogP contribution is 2.22. The van der Waals surface area contributed by atoms with E-state index in [4.69, 9.17) is 5.11 Å². The van der Waals surface area contributed by atoms with Gasteiger partial charge in [-0.2, -0.15) is 4.98 Å². The Morgan fingerprint density at radius 2 is 2.32 bits per heavy atom. The van der Waals surface area contributed by atoms with E-state index in [0.29, 0.717) is 11.3 Å². The number of H-pyrrole nitrogens is 1. The van der Waals surface area contributed by atoms with Gasteiger partial charge in [0.25, 0.3) is 10.0 Å². The fraction of sp³-hybridized carbons (Fsp3) is 0.143. The number of carboxylic acid groups (broad SMARTS) is 1. The maximum absolute atomic E-state index is 12.0. The molecule has 0 unspecified atom stereocenters. The van der Waals surface area contributed by atoms with Crippen molar-refractivity contribution in [1.82, 2.24) is 20.2 Å². The normalized spacial score (nSPS) is 11.2. The molecule has 3 N–H and O–H groups in total. The number of aromatic nitrogens is 4. The number of nitrogens with zero attached hydrogens (tertiary/aromatic N) is 3. The van der Waals surface area contributed by atoms with Crippen LogP contribution in [0.15, 0.2) is 9.72 Å². The Bertz CT molecular complexity index is 705. The summed E-state index contributed by atoms with van der Waals surface area (Å²) in [6.07, 6.45) is 0. The number of sulfonamides is 1. The first-order valence-corrected chi connectivity index (χ1v) is 6.96. The van der Waals surface area contributed by atoms with Crippen LogP contribution in [-0.2, 0) is 10.0 Å². The van der Waals surface area contributed by atoms with Crippen molar-refractivity contribution in [2.24, 2.45) is 0 Å². The number of hydrogen-bond donors (Lipinski definition) is 3. The molecule has 0 aliphatic heterocycles. The van der Waals surface area contributed by atoms with Gasteiger partial charge in [-0.3, -0.25) is 0 Å². The average Bonchev–Trinajstić information content (AvgIpc) is 2.95. The zero-order valence-corrected chi connectivity index (χ0v) is 10.9. The Morgan fingerprint density at radius 1 is 1.58 bits per heavy atom. The Hall–Kier alpha value is -2.21. The summed E-state index contributed by atoms with van der Waals surface area (Å²) in [5.41, 5.74) is 0.572. The average molecular weight is 305 g/mol. The van der Waals surface area contributed by atoms with Gasteiger partial charge in [-0.25, -0.2) is 28.0 Å². The first-order valence-electron chi connectivity index (χ1n) is 4.60. The SMILES string of the molecule is COc1n[nH]c(NS(=O)(=O)c2scnc2C(=O)O)n1. The second kappa shape index (κ2) is 4.81. The molecule has 102 valence electrons. The van der Waals surface area contributed by atoms with Gasteiger partial charge in [0.05, 0.1) is 12.6 Å². The van der Waals surface area contributed by atoms with Crippen molar-refractivity contribution in [2.75, 3.05) is 11.8 Å². The second-order valence-electron chi connectivity index (χ2n) is 3.07. The Balaban J connectivity index is 2.32. The number of ether oxygens (including phenoxy) is 1. The van der Waals surface area contributed by atoms with Crippen LogP contribution >= 0.6 is 11.3 Å². The molecule has 0 radical (unpaired) electrons. The van der Waals surface area contributed by atoms with Gasteiger partial charge in [0, 0.05) is 0 Å². The van der Waals surface area contributed by atoms with Crippen molar-refractivity contribution in [3.8, 4) is 6.01 Å². The molecule has 0 saturated heterocycles. The molecule has 2 heterocycles. The van der Waals surface area contributed by atoms with E-state index < -0.39 is 25.9 Å². The highest BCUT2D eigenvalue weighted by Gasteiger charge is 2.26. The van der Waals surface area contributed by atoms with E-state index in [-0.39, 0.29) is 12.0 Å². The minimum atomic E-state index is -4.10.